The highest BCUT2D eigenvalue weighted by Gasteiger charge is 2.58. The molecule has 0 heterocycles. The number of rotatable bonds is 3. The van der Waals surface area contributed by atoms with Crippen LogP contribution in [0.3, 0.4) is 0 Å². The molecule has 150 valence electrons. The summed E-state index contributed by atoms with van der Waals surface area (Å²) >= 11 is 0. The molecule has 2 aromatic rings. The van der Waals surface area contributed by atoms with Crippen LogP contribution < -0.4 is 0 Å². The summed E-state index contributed by atoms with van der Waals surface area (Å²) in [6, 6.07) is 13.7. The second kappa shape index (κ2) is 6.72. The monoisotopic (exact) mass is 408 g/mol. The van der Waals surface area contributed by atoms with Crippen LogP contribution in [0.5, 0.6) is 0 Å². The van der Waals surface area contributed by atoms with Gasteiger partial charge in [-0.3, -0.25) is 0 Å². The zero-order valence-corrected chi connectivity index (χ0v) is 14.6. The fourth-order valence-electron chi connectivity index (χ4n) is 4.08. The van der Waals surface area contributed by atoms with E-state index in [-0.39, 0.29) is 0 Å². The van der Waals surface area contributed by atoms with Gasteiger partial charge in [-0.15, -0.1) is 0 Å². The van der Waals surface area contributed by atoms with Crippen molar-refractivity contribution in [3.05, 3.63) is 83.0 Å². The number of allylic oxidation sites excluding steroid dienone is 2. The van der Waals surface area contributed by atoms with E-state index in [1.807, 2.05) is 0 Å². The van der Waals surface area contributed by atoms with Crippen molar-refractivity contribution in [2.45, 2.75) is 24.1 Å². The van der Waals surface area contributed by atoms with Crippen molar-refractivity contribution in [3.63, 3.8) is 0 Å². The van der Waals surface area contributed by atoms with Crippen LogP contribution in [0, 0.1) is 0 Å². The van der Waals surface area contributed by atoms with Gasteiger partial charge in [0, 0.05) is 12.3 Å². The van der Waals surface area contributed by atoms with Gasteiger partial charge in [-0.25, -0.2) is 26.7 Å². The largest absolute Gasteiger partial charge is 0.506 e. The molecule has 0 saturated carbocycles. The van der Waals surface area contributed by atoms with Gasteiger partial charge in [-0.05, 0) is 22.3 Å². The summed E-state index contributed by atoms with van der Waals surface area (Å²) in [6.45, 7) is 0. The molecule has 0 unspecified atom stereocenters. The van der Waals surface area contributed by atoms with E-state index < -0.39 is 53.6 Å². The number of halogens is 5. The molecule has 0 radical (unpaired) electrons. The van der Waals surface area contributed by atoms with Crippen molar-refractivity contribution in [2.75, 3.05) is 0 Å². The highest BCUT2D eigenvalue weighted by molar-refractivity contribution is 5.79. The quantitative estimate of drug-likeness (QED) is 0.481. The number of ether oxygens (including phenoxy) is 1. The minimum Gasteiger partial charge on any atom is -0.450 e. The van der Waals surface area contributed by atoms with Crippen LogP contribution in [0.25, 0.3) is 11.1 Å². The number of hydrogen-bond acceptors (Lipinski definition) is 2. The van der Waals surface area contributed by atoms with E-state index in [0.29, 0.717) is 11.1 Å². The average molecular weight is 408 g/mol. The van der Waals surface area contributed by atoms with E-state index in [9.17, 15) is 26.7 Å². The average Bonchev–Trinajstić information content (AvgIpc) is 3.03. The summed E-state index contributed by atoms with van der Waals surface area (Å²) in [7, 11) is 0. The normalized spacial score (nSPS) is 23.8. The molecule has 2 aromatic carbocycles. The van der Waals surface area contributed by atoms with Gasteiger partial charge in [-0.1, -0.05) is 48.5 Å². The Labute approximate surface area is 161 Å². The molecule has 4 rings (SSSR count). The van der Waals surface area contributed by atoms with Crippen LogP contribution in [0.15, 0.2) is 71.8 Å². The molecule has 2 atom stereocenters. The number of benzene rings is 2. The summed E-state index contributed by atoms with van der Waals surface area (Å²) in [4.78, 5) is 11.2. The van der Waals surface area contributed by atoms with Crippen molar-refractivity contribution in [2.24, 2.45) is 0 Å². The van der Waals surface area contributed by atoms with E-state index >= 15 is 0 Å². The molecular formula is C21H13F5O3. The Hall–Kier alpha value is -3.16. The minimum absolute atomic E-state index is 0.581. The maximum Gasteiger partial charge on any atom is 0.506 e. The SMILES string of the molecule is O=C(O)O[C@]1(CC2c3ccccc3-c3ccccc32)C(F)=C(F)C(F)=C(F)[C@H]1F. The zero-order valence-electron chi connectivity index (χ0n) is 14.6. The maximum absolute atomic E-state index is 14.8. The van der Waals surface area contributed by atoms with Crippen LogP contribution >= 0.6 is 0 Å². The molecule has 8 heteroatoms. The lowest BCUT2D eigenvalue weighted by Gasteiger charge is -2.37. The Morgan fingerprint density at radius 3 is 1.97 bits per heavy atom. The van der Waals surface area contributed by atoms with Crippen LogP contribution in [0.4, 0.5) is 26.7 Å². The Balaban J connectivity index is 1.89. The molecule has 2 aliphatic carbocycles. The lowest BCUT2D eigenvalue weighted by Crippen LogP contribution is -2.48. The van der Waals surface area contributed by atoms with Crippen molar-refractivity contribution < 1.29 is 36.6 Å². The number of fused-ring (bicyclic) bond motifs is 3. The van der Waals surface area contributed by atoms with Crippen molar-refractivity contribution in [1.82, 2.24) is 0 Å². The summed E-state index contributed by atoms with van der Waals surface area (Å²) in [5, 5.41) is 9.04. The molecule has 0 saturated heterocycles. The topological polar surface area (TPSA) is 46.5 Å². The van der Waals surface area contributed by atoms with Crippen LogP contribution in [-0.2, 0) is 4.74 Å². The van der Waals surface area contributed by atoms with Crippen LogP contribution in [0.2, 0.25) is 0 Å². The lowest BCUT2D eigenvalue weighted by atomic mass is 9.78. The second-order valence-electron chi connectivity index (χ2n) is 6.84. The maximum atomic E-state index is 14.8. The minimum atomic E-state index is -3.20. The summed E-state index contributed by atoms with van der Waals surface area (Å²) in [5.41, 5.74) is -0.574. The third-order valence-electron chi connectivity index (χ3n) is 5.34. The molecule has 0 spiro atoms. The third kappa shape index (κ3) is 2.73. The molecule has 0 aliphatic heterocycles. The van der Waals surface area contributed by atoms with Crippen molar-refractivity contribution >= 4 is 6.16 Å². The number of carboxylic acid groups (broad SMARTS) is 1. The highest BCUT2D eigenvalue weighted by Crippen LogP contribution is 2.54. The summed E-state index contributed by atoms with van der Waals surface area (Å²) in [5.74, 6) is -9.87. The molecule has 0 aromatic heterocycles. The molecular weight excluding hydrogens is 395 g/mol. The van der Waals surface area contributed by atoms with Gasteiger partial charge in [-0.2, -0.15) is 0 Å². The van der Waals surface area contributed by atoms with Gasteiger partial charge in [0.15, 0.2) is 23.3 Å². The van der Waals surface area contributed by atoms with Gasteiger partial charge >= 0.3 is 6.16 Å². The molecule has 2 aliphatic rings. The molecule has 3 nitrogen and oxygen atoms in total. The Bertz CT molecular complexity index is 1030. The number of alkyl halides is 1. The van der Waals surface area contributed by atoms with Crippen molar-refractivity contribution in [1.29, 1.82) is 0 Å². The van der Waals surface area contributed by atoms with E-state index in [0.717, 1.165) is 11.1 Å². The van der Waals surface area contributed by atoms with E-state index in [2.05, 4.69) is 4.74 Å². The standard InChI is InChI=1S/C21H13F5O3/c22-15-16(23)18(25)21(29-20(27)28,19(26)17(15)24)9-14-12-7-3-1-5-10(12)11-6-2-4-8-13(11)14/h1-8,14,18H,9H2,(H,27,28)/t18-,21+/m1/s1. The van der Waals surface area contributed by atoms with Crippen LogP contribution in [-0.4, -0.2) is 23.0 Å². The fraction of sp³-hybridized carbons (Fsp3) is 0.190. The van der Waals surface area contributed by atoms with Crippen molar-refractivity contribution in [3.8, 4) is 11.1 Å². The zero-order chi connectivity index (χ0) is 20.9. The molecule has 0 bridgehead atoms. The smallest absolute Gasteiger partial charge is 0.450 e. The first-order chi connectivity index (χ1) is 13.8. The highest BCUT2D eigenvalue weighted by atomic mass is 19.2. The fourth-order valence-corrected chi connectivity index (χ4v) is 4.08. The molecule has 0 fully saturated rings. The van der Waals surface area contributed by atoms with E-state index in [1.54, 1.807) is 48.5 Å². The van der Waals surface area contributed by atoms with Gasteiger partial charge < -0.3 is 9.84 Å². The predicted octanol–water partition coefficient (Wildman–Crippen LogP) is 6.28. The predicted molar refractivity (Wildman–Crippen MR) is 93.6 cm³/mol. The van der Waals surface area contributed by atoms with Crippen LogP contribution in [0.1, 0.15) is 23.5 Å². The van der Waals surface area contributed by atoms with E-state index in [1.165, 1.54) is 0 Å². The first kappa shape index (κ1) is 19.2. The molecule has 29 heavy (non-hydrogen) atoms. The number of hydrogen-bond donors (Lipinski definition) is 1. The Kier molecular flexibility index (Phi) is 4.44. The Morgan fingerprint density at radius 1 is 0.931 bits per heavy atom. The lowest BCUT2D eigenvalue weighted by molar-refractivity contribution is -0.0636. The Morgan fingerprint density at radius 2 is 1.45 bits per heavy atom. The van der Waals surface area contributed by atoms with E-state index in [4.69, 9.17) is 5.11 Å². The van der Waals surface area contributed by atoms with Gasteiger partial charge in [0.25, 0.3) is 0 Å². The van der Waals surface area contributed by atoms with Gasteiger partial charge in [0.2, 0.25) is 11.8 Å². The first-order valence-corrected chi connectivity index (χ1v) is 8.63. The molecule has 0 amide bonds. The molecule has 1 N–H and O–H groups in total. The summed E-state index contributed by atoms with van der Waals surface area (Å²) < 4.78 is 75.6. The van der Waals surface area contributed by atoms with Gasteiger partial charge in [0.1, 0.15) is 0 Å². The third-order valence-corrected chi connectivity index (χ3v) is 5.34. The number of carbonyl (C=O) groups is 1. The summed E-state index contributed by atoms with van der Waals surface area (Å²) in [6.07, 6.45) is -6.13. The first-order valence-electron chi connectivity index (χ1n) is 8.63. The van der Waals surface area contributed by atoms with Gasteiger partial charge in [0.05, 0.1) is 0 Å². The second-order valence-corrected chi connectivity index (χ2v) is 6.84.